The number of carboxylic acid groups (broad SMARTS) is 1. The topological polar surface area (TPSA) is 93.3 Å². The SMILES string of the molecule is Cc1nc(Sc2ccc(I)cc2[N+](=O)[O-])sc1C(=O)O. The Labute approximate surface area is 135 Å². The molecule has 0 spiro atoms. The number of nitro groups is 1. The van der Waals surface area contributed by atoms with Crippen molar-refractivity contribution in [2.24, 2.45) is 0 Å². The van der Waals surface area contributed by atoms with Crippen LogP contribution in [0.1, 0.15) is 15.4 Å². The highest BCUT2D eigenvalue weighted by Crippen LogP contribution is 2.38. The molecule has 0 saturated carbocycles. The van der Waals surface area contributed by atoms with Crippen LogP contribution in [-0.4, -0.2) is 21.0 Å². The van der Waals surface area contributed by atoms with Gasteiger partial charge in [0.15, 0.2) is 4.34 Å². The number of hydrogen-bond donors (Lipinski definition) is 1. The van der Waals surface area contributed by atoms with E-state index < -0.39 is 10.9 Å². The molecule has 2 aromatic rings. The molecule has 9 heteroatoms. The molecule has 20 heavy (non-hydrogen) atoms. The molecular formula is C11H7IN2O4S2. The van der Waals surface area contributed by atoms with E-state index >= 15 is 0 Å². The Morgan fingerprint density at radius 3 is 2.80 bits per heavy atom. The summed E-state index contributed by atoms with van der Waals surface area (Å²) in [5.41, 5.74) is 0.407. The molecule has 1 heterocycles. The predicted octanol–water partition coefficient (Wildman–Crippen LogP) is 3.81. The molecule has 0 aliphatic rings. The maximum absolute atomic E-state index is 11.0. The quantitative estimate of drug-likeness (QED) is 0.458. The van der Waals surface area contributed by atoms with Gasteiger partial charge in [-0.15, -0.1) is 11.3 Å². The van der Waals surface area contributed by atoms with E-state index in [9.17, 15) is 14.9 Å². The van der Waals surface area contributed by atoms with Crippen LogP contribution < -0.4 is 0 Å². The summed E-state index contributed by atoms with van der Waals surface area (Å²) in [6.07, 6.45) is 0. The standard InChI is InChI=1S/C11H7IN2O4S2/c1-5-9(10(15)16)20-11(13-5)19-8-3-2-6(12)4-7(8)14(17)18/h2-4H,1H3,(H,15,16). The average Bonchev–Trinajstić information content (AvgIpc) is 2.72. The van der Waals surface area contributed by atoms with Gasteiger partial charge in [-0.3, -0.25) is 10.1 Å². The summed E-state index contributed by atoms with van der Waals surface area (Å²) >= 11 is 4.12. The minimum absolute atomic E-state index is 0.00775. The highest BCUT2D eigenvalue weighted by Gasteiger charge is 2.19. The normalized spacial score (nSPS) is 10.5. The molecule has 1 aromatic carbocycles. The maximum atomic E-state index is 11.0. The van der Waals surface area contributed by atoms with Crippen molar-refractivity contribution in [3.8, 4) is 0 Å². The number of thiazole rings is 1. The van der Waals surface area contributed by atoms with E-state index in [1.807, 2.05) is 22.6 Å². The molecule has 0 amide bonds. The third kappa shape index (κ3) is 3.27. The van der Waals surface area contributed by atoms with Crippen LogP contribution in [-0.2, 0) is 0 Å². The molecule has 104 valence electrons. The molecule has 1 N–H and O–H groups in total. The largest absolute Gasteiger partial charge is 0.477 e. The first kappa shape index (κ1) is 15.2. The van der Waals surface area contributed by atoms with Crippen LogP contribution in [0.3, 0.4) is 0 Å². The van der Waals surface area contributed by atoms with Gasteiger partial charge in [-0.25, -0.2) is 9.78 Å². The molecule has 0 aliphatic heterocycles. The lowest BCUT2D eigenvalue weighted by Crippen LogP contribution is -1.94. The highest BCUT2D eigenvalue weighted by molar-refractivity contribution is 14.1. The number of aryl methyl sites for hydroxylation is 1. The summed E-state index contributed by atoms with van der Waals surface area (Å²) in [6.45, 7) is 1.60. The predicted molar refractivity (Wildman–Crippen MR) is 83.7 cm³/mol. The van der Waals surface area contributed by atoms with Crippen molar-refractivity contribution in [3.63, 3.8) is 0 Å². The van der Waals surface area contributed by atoms with Crippen molar-refractivity contribution >= 4 is 57.3 Å². The second-order valence-corrected chi connectivity index (χ2v) is 7.20. The van der Waals surface area contributed by atoms with Crippen molar-refractivity contribution in [3.05, 3.63) is 42.5 Å². The molecule has 0 radical (unpaired) electrons. The number of nitro benzene ring substituents is 1. The number of rotatable bonds is 4. The first-order valence-corrected chi connectivity index (χ1v) is 7.92. The summed E-state index contributed by atoms with van der Waals surface area (Å²) in [7, 11) is 0. The van der Waals surface area contributed by atoms with Crippen molar-refractivity contribution in [2.75, 3.05) is 0 Å². The number of aromatic nitrogens is 1. The van der Waals surface area contributed by atoms with Gasteiger partial charge in [0.2, 0.25) is 0 Å². The van der Waals surface area contributed by atoms with Crippen LogP contribution in [0.4, 0.5) is 5.69 Å². The summed E-state index contributed by atoms with van der Waals surface area (Å²) in [4.78, 5) is 26.3. The van der Waals surface area contributed by atoms with E-state index in [-0.39, 0.29) is 10.6 Å². The van der Waals surface area contributed by atoms with Gasteiger partial charge in [0.05, 0.1) is 15.5 Å². The third-order valence-electron chi connectivity index (χ3n) is 2.29. The Hall–Kier alpha value is -1.20. The third-order valence-corrected chi connectivity index (χ3v) is 5.23. The number of aromatic carboxylic acids is 1. The minimum atomic E-state index is -1.04. The van der Waals surface area contributed by atoms with Gasteiger partial charge in [0.1, 0.15) is 4.88 Å². The van der Waals surface area contributed by atoms with E-state index in [0.29, 0.717) is 14.9 Å². The van der Waals surface area contributed by atoms with E-state index in [4.69, 9.17) is 5.11 Å². The Morgan fingerprint density at radius 1 is 1.55 bits per heavy atom. The number of carbonyl (C=O) groups is 1. The fourth-order valence-electron chi connectivity index (χ4n) is 1.43. The van der Waals surface area contributed by atoms with Gasteiger partial charge >= 0.3 is 5.97 Å². The highest BCUT2D eigenvalue weighted by atomic mass is 127. The van der Waals surface area contributed by atoms with Crippen molar-refractivity contribution in [1.82, 2.24) is 4.98 Å². The zero-order valence-corrected chi connectivity index (χ0v) is 13.8. The van der Waals surface area contributed by atoms with Crippen molar-refractivity contribution in [2.45, 2.75) is 16.2 Å². The van der Waals surface area contributed by atoms with Crippen LogP contribution in [0.15, 0.2) is 27.4 Å². The molecule has 0 fully saturated rings. The summed E-state index contributed by atoms with van der Waals surface area (Å²) < 4.78 is 1.24. The van der Waals surface area contributed by atoms with E-state index in [1.54, 1.807) is 19.1 Å². The number of hydrogen-bond acceptors (Lipinski definition) is 6. The fraction of sp³-hybridized carbons (Fsp3) is 0.0909. The van der Waals surface area contributed by atoms with E-state index in [0.717, 1.165) is 26.7 Å². The van der Waals surface area contributed by atoms with Crippen LogP contribution in [0, 0.1) is 20.6 Å². The second kappa shape index (κ2) is 6.06. The monoisotopic (exact) mass is 422 g/mol. The Balaban J connectivity index is 2.37. The van der Waals surface area contributed by atoms with Crippen molar-refractivity contribution < 1.29 is 14.8 Å². The average molecular weight is 422 g/mol. The van der Waals surface area contributed by atoms with Crippen LogP contribution >= 0.6 is 45.7 Å². The first-order valence-electron chi connectivity index (χ1n) is 5.21. The minimum Gasteiger partial charge on any atom is -0.477 e. The van der Waals surface area contributed by atoms with Crippen LogP contribution in [0.2, 0.25) is 0 Å². The molecular weight excluding hydrogens is 415 g/mol. The zero-order valence-electron chi connectivity index (χ0n) is 9.99. The Kier molecular flexibility index (Phi) is 4.60. The maximum Gasteiger partial charge on any atom is 0.347 e. The van der Waals surface area contributed by atoms with Crippen LogP contribution in [0.25, 0.3) is 0 Å². The summed E-state index contributed by atoms with van der Waals surface area (Å²) in [5.74, 6) is -1.04. The Bertz CT molecular complexity index is 702. The van der Waals surface area contributed by atoms with E-state index in [1.165, 1.54) is 6.07 Å². The zero-order chi connectivity index (χ0) is 14.9. The Morgan fingerprint density at radius 2 is 2.25 bits per heavy atom. The first-order chi connectivity index (χ1) is 9.38. The molecule has 0 unspecified atom stereocenters. The molecule has 0 saturated heterocycles. The van der Waals surface area contributed by atoms with E-state index in [2.05, 4.69) is 4.98 Å². The van der Waals surface area contributed by atoms with Gasteiger partial charge < -0.3 is 5.11 Å². The molecule has 2 rings (SSSR count). The van der Waals surface area contributed by atoms with Gasteiger partial charge in [-0.05, 0) is 41.6 Å². The molecule has 0 aliphatic carbocycles. The van der Waals surface area contributed by atoms with Gasteiger partial charge in [-0.2, -0.15) is 0 Å². The number of halogens is 1. The van der Waals surface area contributed by atoms with Gasteiger partial charge in [-0.1, -0.05) is 11.8 Å². The number of benzene rings is 1. The molecule has 1 aromatic heterocycles. The lowest BCUT2D eigenvalue weighted by Gasteiger charge is -2.00. The number of nitrogens with zero attached hydrogens (tertiary/aromatic N) is 2. The summed E-state index contributed by atoms with van der Waals surface area (Å²) in [6, 6.07) is 4.87. The molecule has 0 atom stereocenters. The van der Waals surface area contributed by atoms with Gasteiger partial charge in [0, 0.05) is 9.64 Å². The lowest BCUT2D eigenvalue weighted by atomic mass is 10.3. The van der Waals surface area contributed by atoms with Gasteiger partial charge in [0.25, 0.3) is 5.69 Å². The smallest absolute Gasteiger partial charge is 0.347 e. The van der Waals surface area contributed by atoms with Crippen molar-refractivity contribution in [1.29, 1.82) is 0 Å². The van der Waals surface area contributed by atoms with Crippen LogP contribution in [0.5, 0.6) is 0 Å². The molecule has 6 nitrogen and oxygen atoms in total. The number of carboxylic acids is 1. The summed E-state index contributed by atoms with van der Waals surface area (Å²) in [5, 5.41) is 20.0. The molecule has 0 bridgehead atoms. The second-order valence-electron chi connectivity index (χ2n) is 3.67. The lowest BCUT2D eigenvalue weighted by molar-refractivity contribution is -0.387. The fourth-order valence-corrected chi connectivity index (χ4v) is 3.97.